The lowest BCUT2D eigenvalue weighted by molar-refractivity contribution is -0.115. The summed E-state index contributed by atoms with van der Waals surface area (Å²) in [6.07, 6.45) is 1.86. The van der Waals surface area contributed by atoms with Crippen molar-refractivity contribution < 1.29 is 14.0 Å². The summed E-state index contributed by atoms with van der Waals surface area (Å²) < 4.78 is 5.59. The van der Waals surface area contributed by atoms with E-state index in [1.807, 2.05) is 66.7 Å². The predicted molar refractivity (Wildman–Crippen MR) is 125 cm³/mol. The maximum absolute atomic E-state index is 12.5. The number of rotatable bonds is 5. The first kappa shape index (κ1) is 19.5. The zero-order valence-electron chi connectivity index (χ0n) is 17.0. The Labute approximate surface area is 183 Å². The molecular weight excluding hydrogens is 402 g/mol. The molecule has 0 radical (unpaired) electrons. The molecule has 5 aromatic rings. The fourth-order valence-corrected chi connectivity index (χ4v) is 3.52. The lowest BCUT2D eigenvalue weighted by Gasteiger charge is -2.07. The summed E-state index contributed by atoms with van der Waals surface area (Å²) in [6.45, 7) is 0. The molecule has 0 atom stereocenters. The maximum atomic E-state index is 12.5. The van der Waals surface area contributed by atoms with Crippen LogP contribution in [0.3, 0.4) is 0 Å². The largest absolute Gasteiger partial charge is 0.451 e. The highest BCUT2D eigenvalue weighted by atomic mass is 16.3. The number of nitrogens with one attached hydrogen (secondary N) is 2. The second-order valence-electron chi connectivity index (χ2n) is 7.44. The topological polar surface area (TPSA) is 84.2 Å². The molecule has 32 heavy (non-hydrogen) atoms. The van der Waals surface area contributed by atoms with Crippen molar-refractivity contribution in [3.63, 3.8) is 0 Å². The van der Waals surface area contributed by atoms with Crippen molar-refractivity contribution in [1.29, 1.82) is 0 Å². The molecule has 2 N–H and O–H groups in total. The van der Waals surface area contributed by atoms with E-state index in [1.54, 1.807) is 24.4 Å². The number of hydrogen-bond donors (Lipinski definition) is 2. The van der Waals surface area contributed by atoms with Crippen molar-refractivity contribution in [3.8, 4) is 0 Å². The van der Waals surface area contributed by atoms with Crippen molar-refractivity contribution in [1.82, 2.24) is 4.98 Å². The van der Waals surface area contributed by atoms with Gasteiger partial charge in [-0.25, -0.2) is 0 Å². The quantitative estimate of drug-likeness (QED) is 0.397. The van der Waals surface area contributed by atoms with Gasteiger partial charge in [0, 0.05) is 16.5 Å². The first-order chi connectivity index (χ1) is 15.6. The summed E-state index contributed by atoms with van der Waals surface area (Å²) in [5.74, 6) is -0.213. The van der Waals surface area contributed by atoms with Crippen molar-refractivity contribution in [2.45, 2.75) is 6.42 Å². The number of amides is 2. The number of hydrogen-bond acceptors (Lipinski definition) is 4. The molecule has 3 aromatic carbocycles. The number of anilines is 2. The Balaban J connectivity index is 1.21. The third-order valence-electron chi connectivity index (χ3n) is 5.10. The molecule has 0 saturated carbocycles. The van der Waals surface area contributed by atoms with Crippen LogP contribution >= 0.6 is 0 Å². The van der Waals surface area contributed by atoms with E-state index in [1.165, 1.54) is 0 Å². The number of carbonyl (C=O) groups excluding carboxylic acids is 2. The zero-order valence-corrected chi connectivity index (χ0v) is 17.0. The summed E-state index contributed by atoms with van der Waals surface area (Å²) in [6, 6.07) is 26.0. The van der Waals surface area contributed by atoms with Crippen LogP contribution in [-0.4, -0.2) is 16.8 Å². The normalized spacial score (nSPS) is 10.9. The molecule has 0 aliphatic rings. The van der Waals surface area contributed by atoms with E-state index < -0.39 is 0 Å². The lowest BCUT2D eigenvalue weighted by Crippen LogP contribution is -2.15. The molecule has 6 heteroatoms. The molecule has 2 heterocycles. The first-order valence-corrected chi connectivity index (χ1v) is 10.2. The van der Waals surface area contributed by atoms with Gasteiger partial charge in [-0.3, -0.25) is 14.6 Å². The summed E-state index contributed by atoms with van der Waals surface area (Å²) in [5.41, 5.74) is 3.66. The average molecular weight is 421 g/mol. The van der Waals surface area contributed by atoms with Crippen LogP contribution in [0.25, 0.3) is 21.9 Å². The van der Waals surface area contributed by atoms with Gasteiger partial charge in [0.2, 0.25) is 5.91 Å². The van der Waals surface area contributed by atoms with E-state index in [9.17, 15) is 9.59 Å². The monoisotopic (exact) mass is 421 g/mol. The number of aromatic nitrogens is 1. The van der Waals surface area contributed by atoms with Crippen molar-refractivity contribution in [2.24, 2.45) is 0 Å². The van der Waals surface area contributed by atoms with Crippen LogP contribution in [0.1, 0.15) is 16.1 Å². The van der Waals surface area contributed by atoms with Crippen LogP contribution < -0.4 is 10.6 Å². The van der Waals surface area contributed by atoms with E-state index in [-0.39, 0.29) is 24.0 Å². The van der Waals surface area contributed by atoms with Crippen LogP contribution in [0.15, 0.2) is 95.5 Å². The van der Waals surface area contributed by atoms with Crippen LogP contribution in [0.2, 0.25) is 0 Å². The average Bonchev–Trinajstić information content (AvgIpc) is 3.25. The van der Waals surface area contributed by atoms with E-state index in [4.69, 9.17) is 4.42 Å². The summed E-state index contributed by atoms with van der Waals surface area (Å²) >= 11 is 0. The van der Waals surface area contributed by atoms with E-state index >= 15 is 0 Å². The Bertz CT molecular complexity index is 1410. The fourth-order valence-electron chi connectivity index (χ4n) is 3.52. The highest BCUT2D eigenvalue weighted by Crippen LogP contribution is 2.20. The SMILES string of the molecule is O=C(Cc1ccc(NC(=O)c2cc3ccccc3o2)cc1)Nc1cnc2ccccc2c1. The van der Waals surface area contributed by atoms with Gasteiger partial charge in [0.15, 0.2) is 5.76 Å². The molecule has 0 fully saturated rings. The highest BCUT2D eigenvalue weighted by molar-refractivity contribution is 6.04. The third kappa shape index (κ3) is 4.20. The van der Waals surface area contributed by atoms with Gasteiger partial charge >= 0.3 is 0 Å². The summed E-state index contributed by atoms with van der Waals surface area (Å²) in [5, 5.41) is 7.54. The second kappa shape index (κ2) is 8.35. The van der Waals surface area contributed by atoms with Gasteiger partial charge in [-0.2, -0.15) is 0 Å². The molecule has 0 unspecified atom stereocenters. The molecule has 0 saturated heterocycles. The van der Waals surface area contributed by atoms with Gasteiger partial charge in [0.25, 0.3) is 5.91 Å². The van der Waals surface area contributed by atoms with E-state index in [0.29, 0.717) is 17.0 Å². The Morgan fingerprint density at radius 1 is 0.781 bits per heavy atom. The molecule has 0 spiro atoms. The molecule has 2 amide bonds. The van der Waals surface area contributed by atoms with Crippen molar-refractivity contribution >= 4 is 45.1 Å². The summed E-state index contributed by atoms with van der Waals surface area (Å²) in [7, 11) is 0. The van der Waals surface area contributed by atoms with Crippen LogP contribution in [0.4, 0.5) is 11.4 Å². The smallest absolute Gasteiger partial charge is 0.291 e. The minimum Gasteiger partial charge on any atom is -0.451 e. The third-order valence-corrected chi connectivity index (χ3v) is 5.10. The van der Waals surface area contributed by atoms with Crippen LogP contribution in [0, 0.1) is 0 Å². The number of furan rings is 1. The van der Waals surface area contributed by atoms with E-state index in [2.05, 4.69) is 15.6 Å². The molecule has 156 valence electrons. The predicted octanol–water partition coefficient (Wildman–Crippen LogP) is 5.41. The Morgan fingerprint density at radius 3 is 2.34 bits per heavy atom. The summed E-state index contributed by atoms with van der Waals surface area (Å²) in [4.78, 5) is 29.3. The Kier molecular flexibility index (Phi) is 5.09. The second-order valence-corrected chi connectivity index (χ2v) is 7.44. The van der Waals surface area contributed by atoms with E-state index in [0.717, 1.165) is 21.9 Å². The molecule has 2 aromatic heterocycles. The first-order valence-electron chi connectivity index (χ1n) is 10.2. The molecule has 0 aliphatic carbocycles. The number of fused-ring (bicyclic) bond motifs is 2. The number of pyridine rings is 1. The standard InChI is InChI=1S/C26H19N3O3/c30-25(28-21-14-18-5-1-3-7-22(18)27-16-21)13-17-9-11-20(12-10-17)29-26(31)24-15-19-6-2-4-8-23(19)32-24/h1-12,14-16H,13H2,(H,28,30)(H,29,31). The van der Waals surface area contributed by atoms with Gasteiger partial charge < -0.3 is 15.1 Å². The molecule has 5 rings (SSSR count). The molecule has 6 nitrogen and oxygen atoms in total. The maximum Gasteiger partial charge on any atom is 0.291 e. The number of nitrogens with zero attached hydrogens (tertiary/aromatic N) is 1. The zero-order chi connectivity index (χ0) is 21.9. The lowest BCUT2D eigenvalue weighted by atomic mass is 10.1. The Morgan fingerprint density at radius 2 is 1.53 bits per heavy atom. The van der Waals surface area contributed by atoms with Gasteiger partial charge in [0.1, 0.15) is 5.58 Å². The van der Waals surface area contributed by atoms with Crippen molar-refractivity contribution in [3.05, 3.63) is 102 Å². The number of carbonyl (C=O) groups is 2. The van der Waals surface area contributed by atoms with Gasteiger partial charge in [-0.05, 0) is 42.0 Å². The molecule has 0 bridgehead atoms. The number of para-hydroxylation sites is 2. The van der Waals surface area contributed by atoms with Crippen LogP contribution in [-0.2, 0) is 11.2 Å². The highest BCUT2D eigenvalue weighted by Gasteiger charge is 2.12. The van der Waals surface area contributed by atoms with Gasteiger partial charge in [-0.15, -0.1) is 0 Å². The van der Waals surface area contributed by atoms with Gasteiger partial charge in [0.05, 0.1) is 23.8 Å². The number of benzene rings is 3. The Hall–Kier alpha value is -4.45. The fraction of sp³-hybridized carbons (Fsp3) is 0.0385. The molecular formula is C26H19N3O3. The molecule has 0 aliphatic heterocycles. The minimum atomic E-state index is -0.324. The minimum absolute atomic E-state index is 0.138. The van der Waals surface area contributed by atoms with Crippen molar-refractivity contribution in [2.75, 3.05) is 10.6 Å². The van der Waals surface area contributed by atoms with Gasteiger partial charge in [-0.1, -0.05) is 48.5 Å². The van der Waals surface area contributed by atoms with Crippen LogP contribution in [0.5, 0.6) is 0 Å².